The van der Waals surface area contributed by atoms with E-state index in [1.165, 1.54) is 6.07 Å². The van der Waals surface area contributed by atoms with Gasteiger partial charge in [0.05, 0.1) is 5.41 Å². The highest BCUT2D eigenvalue weighted by atomic mass is 19.1. The zero-order valence-electron chi connectivity index (χ0n) is 23.1. The molecule has 2 N–H and O–H groups in total. The van der Waals surface area contributed by atoms with Crippen molar-refractivity contribution in [2.45, 2.75) is 75.9 Å². The van der Waals surface area contributed by atoms with Crippen LogP contribution < -0.4 is 15.5 Å². The molecule has 0 aromatic heterocycles. The summed E-state index contributed by atoms with van der Waals surface area (Å²) in [6.45, 7) is 4.88. The first-order valence-electron chi connectivity index (χ1n) is 14.1. The second-order valence-electron chi connectivity index (χ2n) is 11.7. The highest BCUT2D eigenvalue weighted by Crippen LogP contribution is 2.43. The number of hydrogen-bond donors (Lipinski definition) is 2. The van der Waals surface area contributed by atoms with Gasteiger partial charge in [0.2, 0.25) is 17.7 Å². The van der Waals surface area contributed by atoms with Gasteiger partial charge in [0.15, 0.2) is 0 Å². The number of halogens is 1. The molecule has 2 aromatic carbocycles. The van der Waals surface area contributed by atoms with Gasteiger partial charge in [-0.05, 0) is 76.3 Å². The van der Waals surface area contributed by atoms with E-state index < -0.39 is 11.5 Å². The first-order chi connectivity index (χ1) is 18.7. The predicted molar refractivity (Wildman–Crippen MR) is 149 cm³/mol. The van der Waals surface area contributed by atoms with Crippen molar-refractivity contribution in [3.63, 3.8) is 0 Å². The Morgan fingerprint density at radius 2 is 1.72 bits per heavy atom. The number of piperidine rings is 1. The van der Waals surface area contributed by atoms with Crippen LogP contribution >= 0.6 is 0 Å². The van der Waals surface area contributed by atoms with Crippen LogP contribution in [-0.4, -0.2) is 60.9 Å². The second kappa shape index (κ2) is 11.1. The van der Waals surface area contributed by atoms with Gasteiger partial charge in [-0.2, -0.15) is 0 Å². The summed E-state index contributed by atoms with van der Waals surface area (Å²) in [5, 5.41) is 6.22. The Bertz CT molecular complexity index is 1240. The molecule has 0 radical (unpaired) electrons. The van der Waals surface area contributed by atoms with Crippen LogP contribution in [0.25, 0.3) is 0 Å². The average Bonchev–Trinajstić information content (AvgIpc) is 3.50. The van der Waals surface area contributed by atoms with Gasteiger partial charge < -0.3 is 20.4 Å². The Kier molecular flexibility index (Phi) is 7.76. The molecule has 3 atom stereocenters. The van der Waals surface area contributed by atoms with Crippen LogP contribution in [-0.2, 0) is 26.2 Å². The zero-order chi connectivity index (χ0) is 27.7. The van der Waals surface area contributed by atoms with Crippen LogP contribution in [0.2, 0.25) is 0 Å². The van der Waals surface area contributed by atoms with Crippen molar-refractivity contribution in [2.75, 3.05) is 25.0 Å². The van der Waals surface area contributed by atoms with Crippen LogP contribution in [0.3, 0.4) is 0 Å². The van der Waals surface area contributed by atoms with Crippen molar-refractivity contribution >= 4 is 23.4 Å². The fraction of sp³-hybridized carbons (Fsp3) is 0.516. The van der Waals surface area contributed by atoms with Crippen molar-refractivity contribution in [2.24, 2.45) is 5.92 Å². The van der Waals surface area contributed by atoms with E-state index in [-0.39, 0.29) is 41.9 Å². The Morgan fingerprint density at radius 3 is 2.41 bits per heavy atom. The summed E-state index contributed by atoms with van der Waals surface area (Å²) in [4.78, 5) is 44.0. The fourth-order valence-electron chi connectivity index (χ4n) is 6.52. The lowest BCUT2D eigenvalue weighted by Gasteiger charge is -2.39. The summed E-state index contributed by atoms with van der Waals surface area (Å²) >= 11 is 0. The third kappa shape index (κ3) is 5.31. The number of nitrogens with one attached hydrogen (secondary N) is 2. The minimum Gasteiger partial charge on any atom is -0.344 e. The molecule has 1 saturated carbocycles. The number of likely N-dealkylation sites (tertiary alicyclic amines) is 1. The number of amides is 3. The number of hydrogen-bond acceptors (Lipinski definition) is 4. The van der Waals surface area contributed by atoms with Gasteiger partial charge in [-0.15, -0.1) is 0 Å². The lowest BCUT2D eigenvalue weighted by Crippen LogP contribution is -2.55. The average molecular weight is 535 g/mol. The summed E-state index contributed by atoms with van der Waals surface area (Å²) in [5.41, 5.74) is 1.82. The molecule has 5 rings (SSSR count). The van der Waals surface area contributed by atoms with Gasteiger partial charge in [0.1, 0.15) is 11.9 Å². The summed E-state index contributed by atoms with van der Waals surface area (Å²) in [5.74, 6) is -0.781. The number of para-hydroxylation sites is 1. The lowest BCUT2D eigenvalue weighted by atomic mass is 9.86. The molecular formula is C31H39FN4O3. The van der Waals surface area contributed by atoms with Crippen LogP contribution in [0.1, 0.15) is 57.1 Å². The predicted octanol–water partition coefficient (Wildman–Crippen LogP) is 3.56. The smallest absolute Gasteiger partial charge is 0.245 e. The molecule has 0 spiro atoms. The normalized spacial score (nSPS) is 23.5. The van der Waals surface area contributed by atoms with Gasteiger partial charge in [0, 0.05) is 43.2 Å². The van der Waals surface area contributed by atoms with Crippen LogP contribution in [0, 0.1) is 11.7 Å². The molecule has 0 unspecified atom stereocenters. The van der Waals surface area contributed by atoms with Crippen LogP contribution in [0.5, 0.6) is 0 Å². The van der Waals surface area contributed by atoms with E-state index in [0.29, 0.717) is 37.5 Å². The van der Waals surface area contributed by atoms with Crippen LogP contribution in [0.4, 0.5) is 10.1 Å². The molecule has 2 aliphatic heterocycles. The van der Waals surface area contributed by atoms with Crippen molar-refractivity contribution in [1.82, 2.24) is 15.5 Å². The Balaban J connectivity index is 1.29. The zero-order valence-corrected chi connectivity index (χ0v) is 23.1. The SMILES string of the molecule is CN[C@@H]1CC[C@H](C(=O)N[C@@H](Cc2ccccc2F)C(=O)N2CCC(N3C(=O)C(C)(C)c4ccccc43)CC2)C1. The third-order valence-corrected chi connectivity index (χ3v) is 8.94. The molecule has 1 aliphatic carbocycles. The Morgan fingerprint density at radius 1 is 1.03 bits per heavy atom. The summed E-state index contributed by atoms with van der Waals surface area (Å²) in [6, 6.07) is 13.8. The van der Waals surface area contributed by atoms with Crippen molar-refractivity contribution in [1.29, 1.82) is 0 Å². The quantitative estimate of drug-likeness (QED) is 0.569. The van der Waals surface area contributed by atoms with E-state index in [1.54, 1.807) is 23.1 Å². The van der Waals surface area contributed by atoms with E-state index >= 15 is 0 Å². The molecule has 7 nitrogen and oxygen atoms in total. The van der Waals surface area contributed by atoms with Crippen molar-refractivity contribution < 1.29 is 18.8 Å². The third-order valence-electron chi connectivity index (χ3n) is 8.94. The van der Waals surface area contributed by atoms with Gasteiger partial charge in [-0.1, -0.05) is 36.4 Å². The van der Waals surface area contributed by atoms with Crippen molar-refractivity contribution in [3.8, 4) is 0 Å². The minimum atomic E-state index is -0.840. The van der Waals surface area contributed by atoms with E-state index in [1.807, 2.05) is 50.1 Å². The first kappa shape index (κ1) is 27.3. The number of rotatable bonds is 7. The maximum atomic E-state index is 14.6. The molecule has 3 aliphatic rings. The first-order valence-corrected chi connectivity index (χ1v) is 14.1. The molecular weight excluding hydrogens is 495 g/mol. The highest BCUT2D eigenvalue weighted by Gasteiger charge is 2.47. The van der Waals surface area contributed by atoms with Gasteiger partial charge in [0.25, 0.3) is 0 Å². The molecule has 0 bridgehead atoms. The van der Waals surface area contributed by atoms with E-state index in [4.69, 9.17) is 0 Å². The molecule has 1 saturated heterocycles. The van der Waals surface area contributed by atoms with E-state index in [2.05, 4.69) is 10.6 Å². The number of carbonyl (C=O) groups excluding carboxylic acids is 3. The van der Waals surface area contributed by atoms with Gasteiger partial charge in [-0.3, -0.25) is 14.4 Å². The largest absolute Gasteiger partial charge is 0.344 e. The fourth-order valence-corrected chi connectivity index (χ4v) is 6.52. The maximum absolute atomic E-state index is 14.6. The summed E-state index contributed by atoms with van der Waals surface area (Å²) in [7, 11) is 1.90. The summed E-state index contributed by atoms with van der Waals surface area (Å²) in [6.07, 6.45) is 3.82. The molecule has 2 fully saturated rings. The molecule has 208 valence electrons. The highest BCUT2D eigenvalue weighted by molar-refractivity contribution is 6.08. The van der Waals surface area contributed by atoms with Gasteiger partial charge >= 0.3 is 0 Å². The molecule has 39 heavy (non-hydrogen) atoms. The summed E-state index contributed by atoms with van der Waals surface area (Å²) < 4.78 is 14.6. The molecule has 2 heterocycles. The topological polar surface area (TPSA) is 81.8 Å². The number of benzene rings is 2. The monoisotopic (exact) mass is 534 g/mol. The minimum absolute atomic E-state index is 0.000972. The van der Waals surface area contributed by atoms with Gasteiger partial charge in [-0.25, -0.2) is 4.39 Å². The molecule has 8 heteroatoms. The van der Waals surface area contributed by atoms with E-state index in [0.717, 1.165) is 30.5 Å². The standard InChI is InChI=1S/C31H39FN4O3/c1-31(2)24-9-5-7-11-27(24)36(30(31)39)23-14-16-35(17-15-23)29(38)26(19-20-8-4-6-10-25(20)32)34-28(37)21-12-13-22(18-21)33-3/h4-11,21-23,26,33H,12-19H2,1-3H3,(H,34,37)/t21-,22+,26-/m0/s1. The number of anilines is 1. The van der Waals surface area contributed by atoms with Crippen molar-refractivity contribution in [3.05, 3.63) is 65.5 Å². The number of carbonyl (C=O) groups is 3. The molecule has 3 amide bonds. The van der Waals surface area contributed by atoms with E-state index in [9.17, 15) is 18.8 Å². The number of nitrogens with zero attached hydrogens (tertiary/aromatic N) is 2. The Hall–Kier alpha value is -3.26. The number of fused-ring (bicyclic) bond motifs is 1. The Labute approximate surface area is 230 Å². The maximum Gasteiger partial charge on any atom is 0.245 e. The second-order valence-corrected chi connectivity index (χ2v) is 11.7. The van der Waals surface area contributed by atoms with Crippen LogP contribution in [0.15, 0.2) is 48.5 Å². The molecule has 2 aromatic rings. The lowest BCUT2D eigenvalue weighted by molar-refractivity contribution is -0.138.